The number of fused-ring (bicyclic) bond motifs is 5. The lowest BCUT2D eigenvalue weighted by atomic mass is 9.83. The van der Waals surface area contributed by atoms with Gasteiger partial charge in [-0.2, -0.15) is 5.10 Å². The Bertz CT molecular complexity index is 1500. The Labute approximate surface area is 210 Å². The fourth-order valence-corrected chi connectivity index (χ4v) is 5.65. The van der Waals surface area contributed by atoms with Crippen LogP contribution in [0.15, 0.2) is 77.9 Å². The van der Waals surface area contributed by atoms with Crippen LogP contribution in [-0.4, -0.2) is 46.9 Å². The van der Waals surface area contributed by atoms with Crippen molar-refractivity contribution in [3.8, 4) is 5.75 Å². The van der Waals surface area contributed by atoms with Crippen molar-refractivity contribution >= 4 is 35.2 Å². The van der Waals surface area contributed by atoms with Crippen LogP contribution in [0.3, 0.4) is 0 Å². The Hall–Kier alpha value is -4.86. The average molecular weight is 496 g/mol. The minimum Gasteiger partial charge on any atom is -0.495 e. The van der Waals surface area contributed by atoms with Crippen LogP contribution in [-0.2, 0) is 9.59 Å². The topological polar surface area (TPSA) is 122 Å². The molecule has 10 heteroatoms. The Morgan fingerprint density at radius 2 is 1.68 bits per heavy atom. The number of hydrogen-bond donors (Lipinski definition) is 0. The second kappa shape index (κ2) is 8.37. The van der Waals surface area contributed by atoms with E-state index in [9.17, 15) is 24.5 Å². The number of nitro groups is 1. The van der Waals surface area contributed by atoms with E-state index in [-0.39, 0.29) is 22.9 Å². The molecule has 2 fully saturated rings. The van der Waals surface area contributed by atoms with Gasteiger partial charge in [0.05, 0.1) is 36.1 Å². The van der Waals surface area contributed by atoms with Gasteiger partial charge in [-0.1, -0.05) is 54.6 Å². The molecule has 3 aliphatic rings. The second-order valence-electron chi connectivity index (χ2n) is 9.05. The highest BCUT2D eigenvalue weighted by Gasteiger charge is 2.65. The molecule has 37 heavy (non-hydrogen) atoms. The van der Waals surface area contributed by atoms with Crippen molar-refractivity contribution in [3.05, 3.63) is 99.6 Å². The van der Waals surface area contributed by atoms with Gasteiger partial charge >= 0.3 is 0 Å². The maximum atomic E-state index is 14.0. The standard InChI is InChI=1S/C27H20N4O6/c1-37-20-12-11-17(31(35)36)13-19(20)29-26(33)21-22(27(29)34)24(25(32)15-7-3-2-4-8-15)30-23(21)18-10-6-5-9-16(18)14-28-30/h2-14,21-24H,1H3. The van der Waals surface area contributed by atoms with Crippen molar-refractivity contribution in [1.29, 1.82) is 0 Å². The van der Waals surface area contributed by atoms with Crippen LogP contribution >= 0.6 is 0 Å². The SMILES string of the molecule is COc1ccc([N+](=O)[O-])cc1N1C(=O)C2C(C1=O)C1c3ccccc3C=NN1C2C(=O)c1ccccc1. The van der Waals surface area contributed by atoms with Gasteiger partial charge in [-0.3, -0.25) is 29.5 Å². The van der Waals surface area contributed by atoms with Crippen molar-refractivity contribution in [2.24, 2.45) is 16.9 Å². The lowest BCUT2D eigenvalue weighted by molar-refractivity contribution is -0.384. The molecule has 2 saturated heterocycles. The van der Waals surface area contributed by atoms with Crippen molar-refractivity contribution in [3.63, 3.8) is 0 Å². The fraction of sp³-hybridized carbons (Fsp3) is 0.185. The molecular formula is C27H20N4O6. The molecule has 0 N–H and O–H groups in total. The van der Waals surface area contributed by atoms with Crippen LogP contribution in [0.2, 0.25) is 0 Å². The molecule has 4 atom stereocenters. The summed E-state index contributed by atoms with van der Waals surface area (Å²) < 4.78 is 5.35. The average Bonchev–Trinajstić information content (AvgIpc) is 3.40. The maximum absolute atomic E-state index is 14.0. The molecule has 2 amide bonds. The summed E-state index contributed by atoms with van der Waals surface area (Å²) in [6, 6.07) is 18.0. The van der Waals surface area contributed by atoms with E-state index in [1.54, 1.807) is 41.6 Å². The summed E-state index contributed by atoms with van der Waals surface area (Å²) in [7, 11) is 1.35. The Balaban J connectivity index is 1.52. The number of hydrazone groups is 1. The number of methoxy groups -OCH3 is 1. The quantitative estimate of drug-likeness (QED) is 0.230. The van der Waals surface area contributed by atoms with Crippen molar-refractivity contribution in [2.45, 2.75) is 12.1 Å². The molecule has 0 spiro atoms. The molecule has 3 aliphatic heterocycles. The van der Waals surface area contributed by atoms with Crippen LogP contribution in [0.5, 0.6) is 5.75 Å². The zero-order chi connectivity index (χ0) is 25.8. The fourth-order valence-electron chi connectivity index (χ4n) is 5.65. The predicted molar refractivity (Wildman–Crippen MR) is 132 cm³/mol. The van der Waals surface area contributed by atoms with Gasteiger partial charge in [0.15, 0.2) is 5.78 Å². The van der Waals surface area contributed by atoms with E-state index in [0.717, 1.165) is 22.1 Å². The highest BCUT2D eigenvalue weighted by molar-refractivity contribution is 6.25. The summed E-state index contributed by atoms with van der Waals surface area (Å²) in [4.78, 5) is 53.6. The molecule has 6 rings (SSSR count). The Kier molecular flexibility index (Phi) is 5.11. The molecule has 10 nitrogen and oxygen atoms in total. The Morgan fingerprint density at radius 1 is 0.973 bits per heavy atom. The van der Waals surface area contributed by atoms with Crippen LogP contribution in [0, 0.1) is 22.0 Å². The van der Waals surface area contributed by atoms with Crippen LogP contribution in [0.1, 0.15) is 27.5 Å². The number of ketones is 1. The number of nitrogens with zero attached hydrogens (tertiary/aromatic N) is 4. The lowest BCUT2D eigenvalue weighted by Crippen LogP contribution is -2.44. The number of anilines is 1. The van der Waals surface area contributed by atoms with Crippen molar-refractivity contribution < 1.29 is 24.0 Å². The summed E-state index contributed by atoms with van der Waals surface area (Å²) in [5.41, 5.74) is 1.66. The number of carbonyl (C=O) groups is 3. The first-order valence-corrected chi connectivity index (χ1v) is 11.6. The highest BCUT2D eigenvalue weighted by Crippen LogP contribution is 2.54. The smallest absolute Gasteiger partial charge is 0.271 e. The molecule has 0 radical (unpaired) electrons. The number of carbonyl (C=O) groups excluding carboxylic acids is 3. The number of non-ortho nitro benzene ring substituents is 1. The molecule has 4 unspecified atom stereocenters. The summed E-state index contributed by atoms with van der Waals surface area (Å²) in [5.74, 6) is -3.34. The molecule has 0 aliphatic carbocycles. The zero-order valence-corrected chi connectivity index (χ0v) is 19.6. The number of imide groups is 1. The van der Waals surface area contributed by atoms with Crippen LogP contribution in [0.4, 0.5) is 11.4 Å². The van der Waals surface area contributed by atoms with Gasteiger partial charge in [-0.05, 0) is 17.2 Å². The maximum Gasteiger partial charge on any atom is 0.271 e. The largest absolute Gasteiger partial charge is 0.495 e. The summed E-state index contributed by atoms with van der Waals surface area (Å²) >= 11 is 0. The van der Waals surface area contributed by atoms with E-state index in [1.165, 1.54) is 19.2 Å². The van der Waals surface area contributed by atoms with E-state index >= 15 is 0 Å². The molecule has 3 aromatic rings. The first-order valence-electron chi connectivity index (χ1n) is 11.6. The van der Waals surface area contributed by atoms with Gasteiger partial charge in [-0.25, -0.2) is 4.90 Å². The lowest BCUT2D eigenvalue weighted by Gasteiger charge is -2.33. The number of hydrogen-bond acceptors (Lipinski definition) is 8. The molecule has 3 heterocycles. The third kappa shape index (κ3) is 3.25. The molecule has 0 saturated carbocycles. The number of rotatable bonds is 5. The first kappa shape index (κ1) is 22.6. The molecule has 0 aromatic heterocycles. The summed E-state index contributed by atoms with van der Waals surface area (Å²) in [5, 5.41) is 17.6. The van der Waals surface area contributed by atoms with E-state index < -0.39 is 40.7 Å². The number of benzene rings is 3. The van der Waals surface area contributed by atoms with Gasteiger partial charge in [0.1, 0.15) is 17.5 Å². The van der Waals surface area contributed by atoms with Crippen LogP contribution in [0.25, 0.3) is 0 Å². The van der Waals surface area contributed by atoms with Gasteiger partial charge in [0.25, 0.3) is 5.69 Å². The number of amides is 2. The molecule has 184 valence electrons. The Morgan fingerprint density at radius 3 is 2.41 bits per heavy atom. The van der Waals surface area contributed by atoms with Crippen molar-refractivity contribution in [2.75, 3.05) is 12.0 Å². The number of ether oxygens (including phenoxy) is 1. The number of Topliss-reactive ketones (excluding diaryl/α,β-unsaturated/α-hetero) is 1. The summed E-state index contributed by atoms with van der Waals surface area (Å²) in [6.07, 6.45) is 1.63. The van der Waals surface area contributed by atoms with Gasteiger partial charge in [0, 0.05) is 17.7 Å². The second-order valence-corrected chi connectivity index (χ2v) is 9.05. The summed E-state index contributed by atoms with van der Waals surface area (Å²) in [6.45, 7) is 0. The number of nitro benzene ring substituents is 1. The minimum atomic E-state index is -1.04. The molecule has 0 bridgehead atoms. The minimum absolute atomic E-state index is 0.0221. The van der Waals surface area contributed by atoms with Gasteiger partial charge < -0.3 is 4.74 Å². The zero-order valence-electron chi connectivity index (χ0n) is 19.6. The van der Waals surface area contributed by atoms with E-state index in [0.29, 0.717) is 5.56 Å². The normalized spacial score (nSPS) is 23.5. The van der Waals surface area contributed by atoms with Crippen molar-refractivity contribution in [1.82, 2.24) is 5.01 Å². The van der Waals surface area contributed by atoms with Gasteiger partial charge in [0.2, 0.25) is 11.8 Å². The van der Waals surface area contributed by atoms with E-state index in [4.69, 9.17) is 4.74 Å². The molecular weight excluding hydrogens is 476 g/mol. The molecule has 3 aromatic carbocycles. The van der Waals surface area contributed by atoms with Gasteiger partial charge in [-0.15, -0.1) is 0 Å². The third-order valence-corrected chi connectivity index (χ3v) is 7.23. The third-order valence-electron chi connectivity index (χ3n) is 7.23. The first-order chi connectivity index (χ1) is 17.9. The monoisotopic (exact) mass is 496 g/mol. The predicted octanol–water partition coefficient (Wildman–Crippen LogP) is 3.36. The van der Waals surface area contributed by atoms with Crippen LogP contribution < -0.4 is 9.64 Å². The van der Waals surface area contributed by atoms with E-state index in [1.807, 2.05) is 24.3 Å². The van der Waals surface area contributed by atoms with E-state index in [2.05, 4.69) is 5.10 Å². The highest BCUT2D eigenvalue weighted by atomic mass is 16.6.